The van der Waals surface area contributed by atoms with Crippen LogP contribution in [0, 0.1) is 17.8 Å². The lowest BCUT2D eigenvalue weighted by atomic mass is 9.98. The van der Waals surface area contributed by atoms with E-state index in [4.69, 9.17) is 9.47 Å². The van der Waals surface area contributed by atoms with Crippen molar-refractivity contribution in [2.24, 2.45) is 17.8 Å². The molecular formula is C26H28N2O6. The van der Waals surface area contributed by atoms with Crippen molar-refractivity contribution in [2.45, 2.75) is 25.0 Å². The molecule has 1 aliphatic heterocycles. The van der Waals surface area contributed by atoms with Gasteiger partial charge >= 0.3 is 12.1 Å². The molecule has 1 heterocycles. The summed E-state index contributed by atoms with van der Waals surface area (Å²) in [5.74, 6) is -1.54. The van der Waals surface area contributed by atoms with Crippen LogP contribution in [0.5, 0.6) is 0 Å². The Morgan fingerprint density at radius 1 is 1.03 bits per heavy atom. The van der Waals surface area contributed by atoms with Crippen molar-refractivity contribution in [1.82, 2.24) is 10.2 Å². The number of amides is 2. The topological polar surface area (TPSA) is 105 Å². The maximum atomic E-state index is 13.1. The van der Waals surface area contributed by atoms with E-state index in [1.165, 1.54) is 7.11 Å². The molecule has 5 rings (SSSR count). The maximum Gasteiger partial charge on any atom is 0.407 e. The van der Waals surface area contributed by atoms with Crippen molar-refractivity contribution < 1.29 is 29.0 Å². The Balaban J connectivity index is 1.23. The Morgan fingerprint density at radius 3 is 2.12 bits per heavy atom. The summed E-state index contributed by atoms with van der Waals surface area (Å²) in [7, 11) is 1.48. The number of aliphatic carboxylic acids is 1. The van der Waals surface area contributed by atoms with Crippen LogP contribution in [0.25, 0.3) is 11.1 Å². The second kappa shape index (κ2) is 8.76. The largest absolute Gasteiger partial charge is 0.481 e. The molecule has 2 fully saturated rings. The molecule has 1 saturated carbocycles. The van der Waals surface area contributed by atoms with Crippen LogP contribution in [0.2, 0.25) is 0 Å². The first kappa shape index (κ1) is 22.4. The molecule has 2 aromatic carbocycles. The second-order valence-electron chi connectivity index (χ2n) is 9.32. The predicted molar refractivity (Wildman–Crippen MR) is 123 cm³/mol. The van der Waals surface area contributed by atoms with Crippen LogP contribution in [-0.2, 0) is 19.1 Å². The van der Waals surface area contributed by atoms with Gasteiger partial charge in [-0.25, -0.2) is 4.79 Å². The third kappa shape index (κ3) is 3.81. The Morgan fingerprint density at radius 2 is 1.59 bits per heavy atom. The van der Waals surface area contributed by atoms with E-state index < -0.39 is 24.2 Å². The first-order valence-corrected chi connectivity index (χ1v) is 11.6. The zero-order valence-electron chi connectivity index (χ0n) is 19.1. The lowest BCUT2D eigenvalue weighted by molar-refractivity contribution is -0.142. The van der Waals surface area contributed by atoms with Gasteiger partial charge in [-0.2, -0.15) is 0 Å². The number of hydrogen-bond acceptors (Lipinski definition) is 5. The first-order chi connectivity index (χ1) is 16.4. The molecule has 178 valence electrons. The molecule has 2 aliphatic carbocycles. The molecule has 34 heavy (non-hydrogen) atoms. The van der Waals surface area contributed by atoms with E-state index in [2.05, 4.69) is 17.4 Å². The van der Waals surface area contributed by atoms with Crippen LogP contribution < -0.4 is 5.32 Å². The van der Waals surface area contributed by atoms with Gasteiger partial charge in [0, 0.05) is 26.1 Å². The van der Waals surface area contributed by atoms with E-state index in [0.717, 1.165) is 22.3 Å². The lowest BCUT2D eigenvalue weighted by Crippen LogP contribution is -2.54. The quantitative estimate of drug-likeness (QED) is 0.653. The van der Waals surface area contributed by atoms with Gasteiger partial charge in [-0.3, -0.25) is 9.59 Å². The number of nitrogens with zero attached hydrogens (tertiary/aromatic N) is 1. The van der Waals surface area contributed by atoms with E-state index in [0.29, 0.717) is 13.1 Å². The van der Waals surface area contributed by atoms with E-state index in [-0.39, 0.29) is 36.2 Å². The molecule has 1 saturated heterocycles. The number of ether oxygens (including phenoxy) is 2. The number of methoxy groups -OCH3 is 1. The van der Waals surface area contributed by atoms with Crippen molar-refractivity contribution in [2.75, 3.05) is 26.8 Å². The minimum atomic E-state index is -0.915. The summed E-state index contributed by atoms with van der Waals surface area (Å²) in [6.45, 7) is 2.64. The molecule has 3 aliphatic rings. The summed E-state index contributed by atoms with van der Waals surface area (Å²) in [6.07, 6.45) is -1.25. The van der Waals surface area contributed by atoms with Crippen LogP contribution >= 0.6 is 0 Å². The van der Waals surface area contributed by atoms with Crippen molar-refractivity contribution in [1.29, 1.82) is 0 Å². The standard InChI is InChI=1S/C26H28N2O6/c1-14(33-2)23(24(29)28-11-19-20(12-28)22(19)25(30)31)27-26(32)34-13-21-17-9-5-3-7-15(17)16-8-4-6-10-18(16)21/h3-10,14,19-23H,11-13H2,1-2H3,(H,27,32)(H,30,31)/t14?,19-,20+,22?,23?. The minimum absolute atomic E-state index is 0.00518. The summed E-state index contributed by atoms with van der Waals surface area (Å²) >= 11 is 0. The van der Waals surface area contributed by atoms with Gasteiger partial charge in [-0.15, -0.1) is 0 Å². The number of carbonyl (C=O) groups is 3. The highest BCUT2D eigenvalue weighted by Crippen LogP contribution is 2.52. The molecule has 0 bridgehead atoms. The molecule has 2 N–H and O–H groups in total. The SMILES string of the molecule is COC(C)C(NC(=O)OCC1c2ccccc2-c2ccccc21)C(=O)N1C[C@@H]2C(C(=O)O)[C@@H]2C1. The van der Waals surface area contributed by atoms with E-state index in [9.17, 15) is 19.5 Å². The molecule has 5 atom stereocenters. The average Bonchev–Trinajstić information content (AvgIpc) is 3.20. The predicted octanol–water partition coefficient (Wildman–Crippen LogP) is 2.72. The fourth-order valence-corrected chi connectivity index (χ4v) is 5.55. The summed E-state index contributed by atoms with van der Waals surface area (Å²) < 4.78 is 11.0. The smallest absolute Gasteiger partial charge is 0.407 e. The molecule has 0 aromatic heterocycles. The Bertz CT molecular complexity index is 1080. The zero-order valence-corrected chi connectivity index (χ0v) is 19.1. The van der Waals surface area contributed by atoms with Crippen molar-refractivity contribution in [3.63, 3.8) is 0 Å². The van der Waals surface area contributed by atoms with Gasteiger partial charge in [0.2, 0.25) is 5.91 Å². The molecular weight excluding hydrogens is 436 g/mol. The number of likely N-dealkylation sites (tertiary alicyclic amines) is 1. The summed E-state index contributed by atoms with van der Waals surface area (Å²) in [5, 5.41) is 11.9. The van der Waals surface area contributed by atoms with Crippen LogP contribution in [0.15, 0.2) is 48.5 Å². The average molecular weight is 465 g/mol. The molecule has 2 amide bonds. The van der Waals surface area contributed by atoms with Crippen LogP contribution in [0.3, 0.4) is 0 Å². The molecule has 8 nitrogen and oxygen atoms in total. The van der Waals surface area contributed by atoms with Gasteiger partial charge in [0.1, 0.15) is 12.6 Å². The number of nitrogens with one attached hydrogen (secondary N) is 1. The third-order valence-corrected chi connectivity index (χ3v) is 7.52. The number of alkyl carbamates (subject to hydrolysis) is 1. The Hall–Kier alpha value is -3.39. The number of carboxylic acid groups (broad SMARTS) is 1. The fraction of sp³-hybridized carbons (Fsp3) is 0.423. The molecule has 2 aromatic rings. The van der Waals surface area contributed by atoms with Crippen LogP contribution in [0.1, 0.15) is 24.0 Å². The van der Waals surface area contributed by atoms with E-state index >= 15 is 0 Å². The molecule has 8 heteroatoms. The number of fused-ring (bicyclic) bond motifs is 4. The summed E-state index contributed by atoms with van der Waals surface area (Å²) in [5.41, 5.74) is 4.50. The number of carbonyl (C=O) groups excluding carboxylic acids is 2. The van der Waals surface area contributed by atoms with Gasteiger partial charge in [-0.05, 0) is 41.0 Å². The first-order valence-electron chi connectivity index (χ1n) is 11.6. The highest BCUT2D eigenvalue weighted by atomic mass is 16.5. The fourth-order valence-electron chi connectivity index (χ4n) is 5.55. The monoisotopic (exact) mass is 464 g/mol. The van der Waals surface area contributed by atoms with E-state index in [1.807, 2.05) is 36.4 Å². The van der Waals surface area contributed by atoms with Gasteiger partial charge in [-0.1, -0.05) is 48.5 Å². The van der Waals surface area contributed by atoms with Crippen LogP contribution in [0.4, 0.5) is 4.79 Å². The van der Waals surface area contributed by atoms with Gasteiger partial charge in [0.25, 0.3) is 0 Å². The van der Waals surface area contributed by atoms with E-state index in [1.54, 1.807) is 11.8 Å². The van der Waals surface area contributed by atoms with Crippen molar-refractivity contribution >= 4 is 18.0 Å². The minimum Gasteiger partial charge on any atom is -0.481 e. The summed E-state index contributed by atoms with van der Waals surface area (Å²) in [4.78, 5) is 38.7. The van der Waals surface area contributed by atoms with Gasteiger partial charge in [0.05, 0.1) is 12.0 Å². The third-order valence-electron chi connectivity index (χ3n) is 7.52. The summed E-state index contributed by atoms with van der Waals surface area (Å²) in [6, 6.07) is 15.3. The maximum absolute atomic E-state index is 13.1. The number of piperidine rings is 1. The van der Waals surface area contributed by atoms with Crippen LogP contribution in [-0.4, -0.2) is 66.9 Å². The van der Waals surface area contributed by atoms with Crippen molar-refractivity contribution in [3.05, 3.63) is 59.7 Å². The highest BCUT2D eigenvalue weighted by Gasteiger charge is 2.61. The van der Waals surface area contributed by atoms with Crippen molar-refractivity contribution in [3.8, 4) is 11.1 Å². The number of rotatable bonds is 7. The molecule has 0 spiro atoms. The number of benzene rings is 2. The second-order valence-corrected chi connectivity index (χ2v) is 9.32. The Kier molecular flexibility index (Phi) is 5.77. The lowest BCUT2D eigenvalue weighted by Gasteiger charge is -2.29. The number of carboxylic acids is 1. The highest BCUT2D eigenvalue weighted by molar-refractivity contribution is 5.87. The van der Waals surface area contributed by atoms with Gasteiger partial charge < -0.3 is 24.8 Å². The molecule has 0 radical (unpaired) electrons. The molecule has 3 unspecified atom stereocenters. The van der Waals surface area contributed by atoms with Gasteiger partial charge in [0.15, 0.2) is 0 Å². The zero-order chi connectivity index (χ0) is 24.0. The Labute approximate surface area is 197 Å². The number of hydrogen-bond donors (Lipinski definition) is 2. The normalized spacial score (nSPS) is 23.9.